The summed E-state index contributed by atoms with van der Waals surface area (Å²) in [6.07, 6.45) is 7.92. The number of nitrogens with two attached hydrogens (primary N) is 1. The third kappa shape index (κ3) is 3.70. The summed E-state index contributed by atoms with van der Waals surface area (Å²) >= 11 is 0. The first-order valence-electron chi connectivity index (χ1n) is 6.95. The third-order valence-corrected chi connectivity index (χ3v) is 3.53. The van der Waals surface area contributed by atoms with Crippen molar-refractivity contribution in [1.29, 1.82) is 0 Å². The van der Waals surface area contributed by atoms with Crippen molar-refractivity contribution in [2.75, 3.05) is 6.54 Å². The standard InChI is InChI=1S/C15H22FNO/c16-14-11-12(9-10-17)7-8-15(14)18-13-5-3-1-2-4-6-13/h7-8,11,13H,1-6,9-10,17H2. The molecule has 0 spiro atoms. The predicted molar refractivity (Wildman–Crippen MR) is 71.3 cm³/mol. The molecule has 3 heteroatoms. The van der Waals surface area contributed by atoms with Gasteiger partial charge in [0.15, 0.2) is 11.6 Å². The number of halogens is 1. The molecule has 2 N–H and O–H groups in total. The molecule has 18 heavy (non-hydrogen) atoms. The van der Waals surface area contributed by atoms with Crippen LogP contribution >= 0.6 is 0 Å². The van der Waals surface area contributed by atoms with Crippen LogP contribution < -0.4 is 10.5 Å². The monoisotopic (exact) mass is 251 g/mol. The van der Waals surface area contributed by atoms with Crippen LogP contribution in [0.25, 0.3) is 0 Å². The molecule has 1 aromatic carbocycles. The summed E-state index contributed by atoms with van der Waals surface area (Å²) in [5.41, 5.74) is 6.40. The van der Waals surface area contributed by atoms with Crippen LogP contribution in [0.2, 0.25) is 0 Å². The highest BCUT2D eigenvalue weighted by molar-refractivity contribution is 5.29. The molecule has 0 aliphatic heterocycles. The largest absolute Gasteiger partial charge is 0.487 e. The highest BCUT2D eigenvalue weighted by atomic mass is 19.1. The Hall–Kier alpha value is -1.09. The van der Waals surface area contributed by atoms with E-state index in [-0.39, 0.29) is 11.9 Å². The van der Waals surface area contributed by atoms with E-state index in [1.807, 2.05) is 6.07 Å². The van der Waals surface area contributed by atoms with Gasteiger partial charge in [-0.2, -0.15) is 0 Å². The summed E-state index contributed by atoms with van der Waals surface area (Å²) < 4.78 is 19.7. The maximum Gasteiger partial charge on any atom is 0.165 e. The first kappa shape index (κ1) is 13.3. The van der Waals surface area contributed by atoms with Crippen molar-refractivity contribution >= 4 is 0 Å². The first-order chi connectivity index (χ1) is 8.79. The highest BCUT2D eigenvalue weighted by Gasteiger charge is 2.15. The summed E-state index contributed by atoms with van der Waals surface area (Å²) in [4.78, 5) is 0. The van der Waals surface area contributed by atoms with Gasteiger partial charge in [-0.25, -0.2) is 4.39 Å². The Morgan fingerprint density at radius 3 is 2.50 bits per heavy atom. The second-order valence-corrected chi connectivity index (χ2v) is 5.03. The average Bonchev–Trinajstić information content (AvgIpc) is 2.62. The molecule has 0 heterocycles. The van der Waals surface area contributed by atoms with E-state index in [0.29, 0.717) is 18.7 Å². The second-order valence-electron chi connectivity index (χ2n) is 5.03. The number of hydrogen-bond donors (Lipinski definition) is 1. The second kappa shape index (κ2) is 6.74. The highest BCUT2D eigenvalue weighted by Crippen LogP contribution is 2.25. The first-order valence-corrected chi connectivity index (χ1v) is 6.95. The number of rotatable bonds is 4. The number of ether oxygens (including phenoxy) is 1. The van der Waals surface area contributed by atoms with Crippen LogP contribution in [0.15, 0.2) is 18.2 Å². The Morgan fingerprint density at radius 1 is 1.17 bits per heavy atom. The molecule has 1 saturated carbocycles. The Morgan fingerprint density at radius 2 is 1.89 bits per heavy atom. The Kier molecular flexibility index (Phi) is 5.00. The minimum absolute atomic E-state index is 0.183. The minimum atomic E-state index is -0.259. The van der Waals surface area contributed by atoms with Gasteiger partial charge in [-0.05, 0) is 56.3 Å². The van der Waals surface area contributed by atoms with E-state index in [0.717, 1.165) is 18.4 Å². The van der Waals surface area contributed by atoms with Gasteiger partial charge in [0.05, 0.1) is 6.10 Å². The van der Waals surface area contributed by atoms with E-state index >= 15 is 0 Å². The molecular weight excluding hydrogens is 229 g/mol. The summed E-state index contributed by atoms with van der Waals surface area (Å²) in [6, 6.07) is 5.19. The van der Waals surface area contributed by atoms with Gasteiger partial charge in [-0.15, -0.1) is 0 Å². The van der Waals surface area contributed by atoms with Crippen molar-refractivity contribution < 1.29 is 9.13 Å². The lowest BCUT2D eigenvalue weighted by molar-refractivity contribution is 0.176. The van der Waals surface area contributed by atoms with Crippen LogP contribution in [0.4, 0.5) is 4.39 Å². The van der Waals surface area contributed by atoms with Crippen LogP contribution in [0, 0.1) is 5.82 Å². The topological polar surface area (TPSA) is 35.2 Å². The molecule has 1 aliphatic carbocycles. The molecule has 0 amide bonds. The predicted octanol–water partition coefficient (Wildman–Crippen LogP) is 3.43. The molecule has 0 aromatic heterocycles. The van der Waals surface area contributed by atoms with Crippen LogP contribution in [-0.2, 0) is 6.42 Å². The summed E-state index contributed by atoms with van der Waals surface area (Å²) in [5, 5.41) is 0. The molecule has 0 radical (unpaired) electrons. The van der Waals surface area contributed by atoms with Gasteiger partial charge in [-0.1, -0.05) is 18.9 Å². The lowest BCUT2D eigenvalue weighted by Crippen LogP contribution is -2.16. The molecule has 0 atom stereocenters. The number of hydrogen-bond acceptors (Lipinski definition) is 2. The maximum absolute atomic E-state index is 13.9. The van der Waals surface area contributed by atoms with Gasteiger partial charge in [0.25, 0.3) is 0 Å². The zero-order valence-electron chi connectivity index (χ0n) is 10.8. The lowest BCUT2D eigenvalue weighted by Gasteiger charge is -2.17. The fourth-order valence-corrected chi connectivity index (χ4v) is 2.50. The zero-order chi connectivity index (χ0) is 12.8. The normalized spacial score (nSPS) is 17.4. The average molecular weight is 251 g/mol. The zero-order valence-corrected chi connectivity index (χ0v) is 10.8. The minimum Gasteiger partial charge on any atom is -0.487 e. The summed E-state index contributed by atoms with van der Waals surface area (Å²) in [5.74, 6) is 0.132. The Labute approximate surface area is 108 Å². The maximum atomic E-state index is 13.9. The molecule has 1 fully saturated rings. The molecule has 0 unspecified atom stereocenters. The Bertz CT molecular complexity index is 373. The van der Waals surface area contributed by atoms with Crippen molar-refractivity contribution in [1.82, 2.24) is 0 Å². The third-order valence-electron chi connectivity index (χ3n) is 3.53. The molecule has 1 aliphatic rings. The molecule has 0 bridgehead atoms. The van der Waals surface area contributed by atoms with E-state index < -0.39 is 0 Å². The summed E-state index contributed by atoms with van der Waals surface area (Å²) in [6.45, 7) is 0.544. The van der Waals surface area contributed by atoms with Crippen molar-refractivity contribution in [3.8, 4) is 5.75 Å². The summed E-state index contributed by atoms with van der Waals surface area (Å²) in [7, 11) is 0. The molecule has 1 aromatic rings. The van der Waals surface area contributed by atoms with E-state index in [9.17, 15) is 4.39 Å². The van der Waals surface area contributed by atoms with Gasteiger partial charge < -0.3 is 10.5 Å². The van der Waals surface area contributed by atoms with Gasteiger partial charge in [0.1, 0.15) is 0 Å². The van der Waals surface area contributed by atoms with Crippen LogP contribution in [0.1, 0.15) is 44.1 Å². The SMILES string of the molecule is NCCc1ccc(OC2CCCCCC2)c(F)c1. The van der Waals surface area contributed by atoms with E-state index in [2.05, 4.69) is 0 Å². The number of benzene rings is 1. The van der Waals surface area contributed by atoms with Crippen molar-refractivity contribution in [3.05, 3.63) is 29.6 Å². The van der Waals surface area contributed by atoms with Crippen molar-refractivity contribution in [2.45, 2.75) is 51.0 Å². The van der Waals surface area contributed by atoms with Crippen LogP contribution in [0.3, 0.4) is 0 Å². The molecule has 2 nitrogen and oxygen atoms in total. The van der Waals surface area contributed by atoms with Crippen molar-refractivity contribution in [2.24, 2.45) is 5.73 Å². The van der Waals surface area contributed by atoms with Crippen LogP contribution in [0.5, 0.6) is 5.75 Å². The van der Waals surface area contributed by atoms with Gasteiger partial charge >= 0.3 is 0 Å². The fraction of sp³-hybridized carbons (Fsp3) is 0.600. The Balaban J connectivity index is 1.99. The van der Waals surface area contributed by atoms with Gasteiger partial charge in [-0.3, -0.25) is 0 Å². The lowest BCUT2D eigenvalue weighted by atomic mass is 10.1. The van der Waals surface area contributed by atoms with Crippen molar-refractivity contribution in [3.63, 3.8) is 0 Å². The quantitative estimate of drug-likeness (QED) is 0.832. The molecule has 2 rings (SSSR count). The van der Waals surface area contributed by atoms with Gasteiger partial charge in [0, 0.05) is 0 Å². The van der Waals surface area contributed by atoms with Crippen LogP contribution in [-0.4, -0.2) is 12.6 Å². The molecule has 0 saturated heterocycles. The fourth-order valence-electron chi connectivity index (χ4n) is 2.50. The van der Waals surface area contributed by atoms with Gasteiger partial charge in [0.2, 0.25) is 0 Å². The molecular formula is C15H22FNO. The van der Waals surface area contributed by atoms with E-state index in [4.69, 9.17) is 10.5 Å². The van der Waals surface area contributed by atoms with E-state index in [1.54, 1.807) is 12.1 Å². The van der Waals surface area contributed by atoms with E-state index in [1.165, 1.54) is 25.7 Å². The smallest absolute Gasteiger partial charge is 0.165 e. The molecule has 100 valence electrons.